The van der Waals surface area contributed by atoms with Crippen LogP contribution in [0.3, 0.4) is 0 Å². The number of nitrogens with one attached hydrogen (secondary N) is 1. The second-order valence-electron chi connectivity index (χ2n) is 6.80. The van der Waals surface area contributed by atoms with Crippen molar-refractivity contribution in [3.05, 3.63) is 41.5 Å². The van der Waals surface area contributed by atoms with Gasteiger partial charge in [-0.1, -0.05) is 17.7 Å². The third-order valence-electron chi connectivity index (χ3n) is 4.84. The van der Waals surface area contributed by atoms with Crippen molar-refractivity contribution in [2.75, 3.05) is 26.7 Å². The highest BCUT2D eigenvalue weighted by Crippen LogP contribution is 2.18. The second kappa shape index (κ2) is 7.20. The molecule has 8 heteroatoms. The summed E-state index contributed by atoms with van der Waals surface area (Å²) in [6.45, 7) is 3.71. The van der Waals surface area contributed by atoms with Crippen molar-refractivity contribution in [1.29, 1.82) is 0 Å². The monoisotopic (exact) mass is 377 g/mol. The minimum atomic E-state index is -3.88. The number of carbonyl (C=O) groups excluding carboxylic acids is 2. The summed E-state index contributed by atoms with van der Waals surface area (Å²) in [6.07, 6.45) is 3.26. The van der Waals surface area contributed by atoms with Gasteiger partial charge in [0.15, 0.2) is 0 Å². The molecule has 7 nitrogen and oxygen atoms in total. The van der Waals surface area contributed by atoms with Crippen LogP contribution in [0.1, 0.15) is 30.1 Å². The maximum Gasteiger partial charge on any atom is 0.254 e. The van der Waals surface area contributed by atoms with Crippen molar-refractivity contribution in [3.8, 4) is 0 Å². The fourth-order valence-corrected chi connectivity index (χ4v) is 4.39. The van der Waals surface area contributed by atoms with Gasteiger partial charge in [0.1, 0.15) is 6.04 Å². The lowest BCUT2D eigenvalue weighted by Gasteiger charge is -2.25. The van der Waals surface area contributed by atoms with Crippen molar-refractivity contribution in [3.63, 3.8) is 0 Å². The third kappa shape index (κ3) is 3.81. The van der Waals surface area contributed by atoms with E-state index in [2.05, 4.69) is 4.72 Å². The van der Waals surface area contributed by atoms with Crippen molar-refractivity contribution < 1.29 is 18.0 Å². The summed E-state index contributed by atoms with van der Waals surface area (Å²) in [5.41, 5.74) is 1.58. The van der Waals surface area contributed by atoms with E-state index in [4.69, 9.17) is 0 Å². The average molecular weight is 377 g/mol. The highest BCUT2D eigenvalue weighted by Gasteiger charge is 2.33. The quantitative estimate of drug-likeness (QED) is 0.793. The predicted octanol–water partition coefficient (Wildman–Crippen LogP) is 0.988. The van der Waals surface area contributed by atoms with Crippen LogP contribution in [-0.4, -0.2) is 62.8 Å². The van der Waals surface area contributed by atoms with Crippen molar-refractivity contribution in [1.82, 2.24) is 14.5 Å². The van der Waals surface area contributed by atoms with E-state index in [9.17, 15) is 18.0 Å². The lowest BCUT2D eigenvalue weighted by molar-refractivity contribution is -0.127. The van der Waals surface area contributed by atoms with E-state index in [0.29, 0.717) is 31.6 Å². The van der Waals surface area contributed by atoms with Crippen molar-refractivity contribution >= 4 is 21.8 Å². The number of hydrogen-bond donors (Lipinski definition) is 1. The van der Waals surface area contributed by atoms with Crippen LogP contribution in [0.4, 0.5) is 0 Å². The Bertz CT molecular complexity index is 863. The molecule has 2 amide bonds. The first-order chi connectivity index (χ1) is 12.3. The Balaban J connectivity index is 1.78. The number of rotatable bonds is 4. The molecule has 26 heavy (non-hydrogen) atoms. The van der Waals surface area contributed by atoms with Gasteiger partial charge in [0, 0.05) is 32.2 Å². The summed E-state index contributed by atoms with van der Waals surface area (Å²) in [6, 6.07) is 5.22. The standard InChI is InChI=1S/C18H23N3O4S/c1-13-6-10-21(11-7-13)17(22)14-4-3-5-15(12-14)26(24,25)19-16-8-9-20(2)18(16)23/h3-6,12,16,19H,7-11H2,1-2H3/t16-/m0/s1. The molecule has 0 aromatic heterocycles. The number of sulfonamides is 1. The summed E-state index contributed by atoms with van der Waals surface area (Å²) in [5, 5.41) is 0. The smallest absolute Gasteiger partial charge is 0.254 e. The minimum Gasteiger partial charge on any atom is -0.344 e. The molecule has 1 saturated heterocycles. The lowest BCUT2D eigenvalue weighted by Crippen LogP contribution is -2.40. The van der Waals surface area contributed by atoms with Crippen LogP contribution in [0.15, 0.2) is 40.8 Å². The van der Waals surface area contributed by atoms with Crippen LogP contribution in [-0.2, 0) is 14.8 Å². The molecule has 3 rings (SSSR count). The van der Waals surface area contributed by atoms with E-state index in [-0.39, 0.29) is 16.7 Å². The molecule has 1 aromatic rings. The summed E-state index contributed by atoms with van der Waals surface area (Å²) >= 11 is 0. The zero-order chi connectivity index (χ0) is 18.9. The number of likely N-dealkylation sites (tertiary alicyclic amines) is 1. The van der Waals surface area contributed by atoms with Crippen molar-refractivity contribution in [2.45, 2.75) is 30.7 Å². The Morgan fingerprint density at radius 2 is 2.04 bits per heavy atom. The highest BCUT2D eigenvalue weighted by molar-refractivity contribution is 7.89. The lowest BCUT2D eigenvalue weighted by atomic mass is 10.1. The molecule has 0 aliphatic carbocycles. The van der Waals surface area contributed by atoms with E-state index in [0.717, 1.165) is 6.42 Å². The Hall–Kier alpha value is -2.19. The van der Waals surface area contributed by atoms with Crippen LogP contribution >= 0.6 is 0 Å². The number of benzene rings is 1. The maximum atomic E-state index is 12.6. The maximum absolute atomic E-state index is 12.6. The number of likely N-dealkylation sites (N-methyl/N-ethyl adjacent to an activating group) is 1. The SMILES string of the molecule is CC1=CCN(C(=O)c2cccc(S(=O)(=O)N[C@H]3CCN(C)C3=O)c2)CC1. The molecule has 2 aliphatic rings. The highest BCUT2D eigenvalue weighted by atomic mass is 32.2. The summed E-state index contributed by atoms with van der Waals surface area (Å²) in [5.74, 6) is -0.432. The molecule has 0 unspecified atom stereocenters. The fourth-order valence-electron chi connectivity index (χ4n) is 3.12. The molecule has 1 N–H and O–H groups in total. The van der Waals surface area contributed by atoms with Crippen LogP contribution in [0.5, 0.6) is 0 Å². The normalized spacial score (nSPS) is 21.1. The molecule has 0 saturated carbocycles. The van der Waals surface area contributed by atoms with Gasteiger partial charge in [-0.25, -0.2) is 8.42 Å². The molecular formula is C18H23N3O4S. The second-order valence-corrected chi connectivity index (χ2v) is 8.52. The summed E-state index contributed by atoms with van der Waals surface area (Å²) in [7, 11) is -2.23. The first kappa shape index (κ1) is 18.6. The number of hydrogen-bond acceptors (Lipinski definition) is 4. The zero-order valence-corrected chi connectivity index (χ0v) is 15.8. The molecule has 2 aliphatic heterocycles. The molecule has 0 bridgehead atoms. The molecule has 2 heterocycles. The third-order valence-corrected chi connectivity index (χ3v) is 6.31. The van der Waals surface area contributed by atoms with Gasteiger partial charge >= 0.3 is 0 Å². The van der Waals surface area contributed by atoms with Gasteiger partial charge in [-0.3, -0.25) is 9.59 Å². The van der Waals surface area contributed by atoms with Gasteiger partial charge in [-0.2, -0.15) is 4.72 Å². The van der Waals surface area contributed by atoms with E-state index in [1.54, 1.807) is 24.1 Å². The van der Waals surface area contributed by atoms with E-state index in [1.807, 2.05) is 13.0 Å². The predicted molar refractivity (Wildman–Crippen MR) is 97.1 cm³/mol. The minimum absolute atomic E-state index is 0.00515. The Labute approximate surface area is 153 Å². The van der Waals surface area contributed by atoms with E-state index in [1.165, 1.54) is 22.6 Å². The first-order valence-electron chi connectivity index (χ1n) is 8.60. The van der Waals surface area contributed by atoms with Gasteiger partial charge in [0.2, 0.25) is 15.9 Å². The summed E-state index contributed by atoms with van der Waals surface area (Å²) < 4.78 is 27.7. The molecular weight excluding hydrogens is 354 g/mol. The molecule has 0 spiro atoms. The largest absolute Gasteiger partial charge is 0.344 e. The van der Waals surface area contributed by atoms with E-state index < -0.39 is 16.1 Å². The Kier molecular flexibility index (Phi) is 5.15. The van der Waals surface area contributed by atoms with Gasteiger partial charge < -0.3 is 9.80 Å². The zero-order valence-electron chi connectivity index (χ0n) is 14.9. The fraction of sp³-hybridized carbons (Fsp3) is 0.444. The number of carbonyl (C=O) groups is 2. The average Bonchev–Trinajstić information content (AvgIpc) is 2.93. The van der Waals surface area contributed by atoms with Crippen LogP contribution in [0, 0.1) is 0 Å². The topological polar surface area (TPSA) is 86.8 Å². The Morgan fingerprint density at radius 1 is 1.27 bits per heavy atom. The van der Waals surface area contributed by atoms with Crippen molar-refractivity contribution in [2.24, 2.45) is 0 Å². The van der Waals surface area contributed by atoms with E-state index >= 15 is 0 Å². The number of nitrogens with zero attached hydrogens (tertiary/aromatic N) is 2. The van der Waals surface area contributed by atoms with Crippen LogP contribution < -0.4 is 4.72 Å². The van der Waals surface area contributed by atoms with Crippen LogP contribution in [0.25, 0.3) is 0 Å². The molecule has 0 radical (unpaired) electrons. The van der Waals surface area contributed by atoms with Gasteiger partial charge in [0.25, 0.3) is 5.91 Å². The van der Waals surface area contributed by atoms with Crippen LogP contribution in [0.2, 0.25) is 0 Å². The van der Waals surface area contributed by atoms with Gasteiger partial charge in [-0.05, 0) is 38.0 Å². The molecule has 1 atom stereocenters. The first-order valence-corrected chi connectivity index (χ1v) is 10.1. The number of amides is 2. The van der Waals surface area contributed by atoms with Gasteiger partial charge in [0.05, 0.1) is 4.90 Å². The molecule has 140 valence electrons. The molecule has 1 aromatic carbocycles. The summed E-state index contributed by atoms with van der Waals surface area (Å²) in [4.78, 5) is 27.8. The molecule has 1 fully saturated rings. The van der Waals surface area contributed by atoms with Gasteiger partial charge in [-0.15, -0.1) is 0 Å². The Morgan fingerprint density at radius 3 is 2.65 bits per heavy atom.